The fourth-order valence-electron chi connectivity index (χ4n) is 0.908. The minimum atomic E-state index is 0.474. The van der Waals surface area contributed by atoms with Gasteiger partial charge in [0, 0.05) is 0 Å². The molecule has 0 radical (unpaired) electrons. The van der Waals surface area contributed by atoms with E-state index in [-0.39, 0.29) is 0 Å². The van der Waals surface area contributed by atoms with Crippen molar-refractivity contribution < 1.29 is 0 Å². The summed E-state index contributed by atoms with van der Waals surface area (Å²) in [4.78, 5) is 8.26. The quantitative estimate of drug-likeness (QED) is 0.799. The molecule has 14 heavy (non-hydrogen) atoms. The summed E-state index contributed by atoms with van der Waals surface area (Å²) in [5.74, 6) is 0.787. The van der Waals surface area contributed by atoms with Crippen LogP contribution in [-0.4, -0.2) is 20.2 Å². The van der Waals surface area contributed by atoms with Gasteiger partial charge in [-0.25, -0.2) is 9.97 Å². The van der Waals surface area contributed by atoms with Crippen molar-refractivity contribution in [3.05, 3.63) is 29.2 Å². The summed E-state index contributed by atoms with van der Waals surface area (Å²) in [6.07, 6.45) is 0. The van der Waals surface area contributed by atoms with Crippen molar-refractivity contribution in [2.75, 3.05) is 0 Å². The molecule has 0 saturated heterocycles. The summed E-state index contributed by atoms with van der Waals surface area (Å²) >= 11 is 7.12. The Hall–Kier alpha value is -1.07. The maximum atomic E-state index is 5.74. The van der Waals surface area contributed by atoms with Crippen LogP contribution in [0.2, 0.25) is 5.15 Å². The summed E-state index contributed by atoms with van der Waals surface area (Å²) in [6, 6.07) is 5.44. The van der Waals surface area contributed by atoms with Crippen LogP contribution in [0.4, 0.5) is 0 Å². The lowest BCUT2D eigenvalue weighted by Crippen LogP contribution is -1.81. The highest BCUT2D eigenvalue weighted by atomic mass is 35.5. The Balaban J connectivity index is 2.18. The van der Waals surface area contributed by atoms with E-state index in [2.05, 4.69) is 20.2 Å². The Kier molecular flexibility index (Phi) is 2.69. The zero-order chi connectivity index (χ0) is 9.97. The molecule has 0 fully saturated rings. The number of hydrogen-bond acceptors (Lipinski definition) is 4. The maximum absolute atomic E-state index is 5.74. The second-order valence-corrected chi connectivity index (χ2v) is 3.98. The van der Waals surface area contributed by atoms with Crippen LogP contribution in [0.15, 0.2) is 28.4 Å². The first-order valence-corrected chi connectivity index (χ1v) is 5.13. The highest BCUT2D eigenvalue weighted by Gasteiger charge is 2.03. The van der Waals surface area contributed by atoms with Crippen LogP contribution in [0.1, 0.15) is 5.82 Å². The second kappa shape index (κ2) is 3.98. The van der Waals surface area contributed by atoms with Gasteiger partial charge in [0.15, 0.2) is 0 Å². The Morgan fingerprint density at radius 1 is 1.36 bits per heavy atom. The molecule has 2 aromatic rings. The van der Waals surface area contributed by atoms with Crippen LogP contribution in [-0.2, 0) is 0 Å². The molecule has 4 nitrogen and oxygen atoms in total. The van der Waals surface area contributed by atoms with Crippen LogP contribution in [0.25, 0.3) is 0 Å². The van der Waals surface area contributed by atoms with E-state index < -0.39 is 0 Å². The fraction of sp³-hybridized carbons (Fsp3) is 0.125. The van der Waals surface area contributed by atoms with Gasteiger partial charge >= 0.3 is 0 Å². The molecule has 0 aliphatic heterocycles. The van der Waals surface area contributed by atoms with Crippen molar-refractivity contribution in [3.8, 4) is 0 Å². The summed E-state index contributed by atoms with van der Waals surface area (Å²) < 4.78 is 0. The molecule has 0 aliphatic rings. The first-order valence-electron chi connectivity index (χ1n) is 3.93. The van der Waals surface area contributed by atoms with Gasteiger partial charge in [-0.1, -0.05) is 17.7 Å². The van der Waals surface area contributed by atoms with Gasteiger partial charge in [0.1, 0.15) is 16.0 Å². The largest absolute Gasteiger partial charge is 0.262 e. The molecule has 0 aliphatic carbocycles. The fourth-order valence-corrected chi connectivity index (χ4v) is 1.87. The van der Waals surface area contributed by atoms with E-state index in [9.17, 15) is 0 Å². The smallest absolute Gasteiger partial charge is 0.214 e. The second-order valence-electron chi connectivity index (χ2n) is 2.60. The van der Waals surface area contributed by atoms with Crippen molar-refractivity contribution in [3.63, 3.8) is 0 Å². The number of hydrogen-bond donors (Lipinski definition) is 1. The molecule has 6 heteroatoms. The number of halogens is 1. The van der Waals surface area contributed by atoms with Gasteiger partial charge in [-0.15, -0.1) is 5.10 Å². The molecular weight excluding hydrogens is 220 g/mol. The predicted molar refractivity (Wildman–Crippen MR) is 54.5 cm³/mol. The van der Waals surface area contributed by atoms with E-state index in [0.29, 0.717) is 10.3 Å². The molecular formula is C8H7ClN4S. The number of aromatic nitrogens is 4. The van der Waals surface area contributed by atoms with Gasteiger partial charge in [-0.3, -0.25) is 5.10 Å². The van der Waals surface area contributed by atoms with E-state index in [4.69, 9.17) is 11.6 Å². The Bertz CT molecular complexity index is 442. The Morgan fingerprint density at radius 2 is 2.21 bits per heavy atom. The van der Waals surface area contributed by atoms with E-state index >= 15 is 0 Å². The average molecular weight is 227 g/mol. The third-order valence-electron chi connectivity index (χ3n) is 1.46. The number of aromatic amines is 1. The van der Waals surface area contributed by atoms with E-state index in [1.54, 1.807) is 6.07 Å². The Morgan fingerprint density at radius 3 is 2.86 bits per heavy atom. The van der Waals surface area contributed by atoms with Crippen LogP contribution in [0, 0.1) is 6.92 Å². The van der Waals surface area contributed by atoms with Crippen LogP contribution in [0.5, 0.6) is 0 Å². The van der Waals surface area contributed by atoms with E-state index in [1.807, 2.05) is 19.1 Å². The highest BCUT2D eigenvalue weighted by Crippen LogP contribution is 2.23. The number of nitrogens with zero attached hydrogens (tertiary/aromatic N) is 3. The van der Waals surface area contributed by atoms with Crippen LogP contribution in [0.3, 0.4) is 0 Å². The molecule has 2 rings (SSSR count). The standard InChI is InChI=1S/C8H7ClN4S/c1-5-10-8(13-12-5)14-7-4-2-3-6(9)11-7/h2-4H,1H3,(H,10,12,13). The molecule has 0 unspecified atom stereocenters. The molecule has 0 saturated carbocycles. The van der Waals surface area contributed by atoms with E-state index in [1.165, 1.54) is 11.8 Å². The molecule has 1 N–H and O–H groups in total. The summed E-state index contributed by atoms with van der Waals surface area (Å²) in [5.41, 5.74) is 0. The topological polar surface area (TPSA) is 54.5 Å². The molecule has 0 amide bonds. The first-order chi connectivity index (χ1) is 6.74. The van der Waals surface area contributed by atoms with Gasteiger partial charge in [-0.2, -0.15) is 0 Å². The molecule has 2 aromatic heterocycles. The van der Waals surface area contributed by atoms with E-state index in [0.717, 1.165) is 10.9 Å². The van der Waals surface area contributed by atoms with Crippen molar-refractivity contribution >= 4 is 23.4 Å². The normalized spacial score (nSPS) is 10.4. The molecule has 72 valence electrons. The minimum absolute atomic E-state index is 0.474. The SMILES string of the molecule is Cc1nc(Sc2cccc(Cl)n2)n[nH]1. The van der Waals surface area contributed by atoms with Crippen LogP contribution < -0.4 is 0 Å². The molecule has 0 aromatic carbocycles. The van der Waals surface area contributed by atoms with Gasteiger partial charge in [0.2, 0.25) is 5.16 Å². The lowest BCUT2D eigenvalue weighted by atomic mass is 10.5. The number of H-pyrrole nitrogens is 1. The minimum Gasteiger partial charge on any atom is -0.262 e. The van der Waals surface area contributed by atoms with Crippen molar-refractivity contribution in [1.82, 2.24) is 20.2 Å². The first kappa shape index (κ1) is 9.48. The zero-order valence-corrected chi connectivity index (χ0v) is 8.93. The molecule has 0 spiro atoms. The maximum Gasteiger partial charge on any atom is 0.214 e. The third-order valence-corrected chi connectivity index (χ3v) is 2.47. The number of aryl methyl sites for hydroxylation is 1. The third kappa shape index (κ3) is 2.24. The molecule has 0 atom stereocenters. The lowest BCUT2D eigenvalue weighted by Gasteiger charge is -1.95. The highest BCUT2D eigenvalue weighted by molar-refractivity contribution is 7.99. The zero-order valence-electron chi connectivity index (χ0n) is 7.36. The Labute approximate surface area is 90.1 Å². The van der Waals surface area contributed by atoms with Gasteiger partial charge < -0.3 is 0 Å². The van der Waals surface area contributed by atoms with Gasteiger partial charge in [0.05, 0.1) is 0 Å². The van der Waals surface area contributed by atoms with Crippen LogP contribution >= 0.6 is 23.4 Å². The van der Waals surface area contributed by atoms with Crippen molar-refractivity contribution in [1.29, 1.82) is 0 Å². The summed E-state index contributed by atoms with van der Waals surface area (Å²) in [6.45, 7) is 1.85. The molecule has 0 bridgehead atoms. The number of rotatable bonds is 2. The predicted octanol–water partition coefficient (Wildman–Crippen LogP) is 2.31. The van der Waals surface area contributed by atoms with Crippen molar-refractivity contribution in [2.45, 2.75) is 17.1 Å². The lowest BCUT2D eigenvalue weighted by molar-refractivity contribution is 0.964. The average Bonchev–Trinajstić information content (AvgIpc) is 2.51. The summed E-state index contributed by atoms with van der Waals surface area (Å²) in [5, 5.41) is 8.66. The number of nitrogens with one attached hydrogen (secondary N) is 1. The molecule has 2 heterocycles. The monoisotopic (exact) mass is 226 g/mol. The van der Waals surface area contributed by atoms with Gasteiger partial charge in [0.25, 0.3) is 0 Å². The number of pyridine rings is 1. The van der Waals surface area contributed by atoms with Crippen molar-refractivity contribution in [2.24, 2.45) is 0 Å². The van der Waals surface area contributed by atoms with Gasteiger partial charge in [-0.05, 0) is 30.8 Å². The summed E-state index contributed by atoms with van der Waals surface area (Å²) in [7, 11) is 0.